The van der Waals surface area contributed by atoms with Crippen molar-refractivity contribution in [3.05, 3.63) is 58.7 Å². The molecule has 3 N–H and O–H groups in total. The maximum absolute atomic E-state index is 6.03. The van der Waals surface area contributed by atoms with Crippen LogP contribution in [0.25, 0.3) is 0 Å². The number of nitrogens with one attached hydrogen (secondary N) is 1. The normalized spacial score (nSPS) is 11.4. The van der Waals surface area contributed by atoms with Crippen LogP contribution in [0.2, 0.25) is 0 Å². The van der Waals surface area contributed by atoms with E-state index in [1.54, 1.807) is 7.11 Å². The van der Waals surface area contributed by atoms with E-state index in [9.17, 15) is 0 Å². The van der Waals surface area contributed by atoms with Crippen LogP contribution in [0.1, 0.15) is 22.3 Å². The molecule has 0 amide bonds. The van der Waals surface area contributed by atoms with Crippen LogP contribution in [0.3, 0.4) is 0 Å². The predicted molar refractivity (Wildman–Crippen MR) is 103 cm³/mol. The third kappa shape index (κ3) is 6.12. The lowest BCUT2D eigenvalue weighted by Crippen LogP contribution is -2.22. The number of nitrogens with zero attached hydrogens (tertiary/aromatic N) is 1. The molecule has 0 saturated carbocycles. The first-order valence-corrected chi connectivity index (χ1v) is 8.34. The van der Waals surface area contributed by atoms with E-state index in [1.165, 1.54) is 11.1 Å². The van der Waals surface area contributed by atoms with Gasteiger partial charge < -0.3 is 20.5 Å². The molecule has 0 atom stereocenters. The average molecular weight is 341 g/mol. The number of benzene rings is 2. The molecule has 5 heteroatoms. The van der Waals surface area contributed by atoms with Gasteiger partial charge in [-0.3, -0.25) is 0 Å². The molecule has 0 aliphatic rings. The maximum atomic E-state index is 6.03. The second-order valence-corrected chi connectivity index (χ2v) is 6.16. The van der Waals surface area contributed by atoms with Crippen LogP contribution >= 0.6 is 0 Å². The maximum Gasteiger partial charge on any atom is 0.193 e. The molecule has 2 rings (SSSR count). The first-order valence-electron chi connectivity index (χ1n) is 8.34. The van der Waals surface area contributed by atoms with Crippen LogP contribution in [0.5, 0.6) is 5.75 Å². The third-order valence-corrected chi connectivity index (χ3v) is 3.68. The van der Waals surface area contributed by atoms with Crippen LogP contribution in [-0.4, -0.2) is 26.3 Å². The number of anilines is 1. The Labute approximate surface area is 149 Å². The Morgan fingerprint density at radius 1 is 1.00 bits per heavy atom. The molecule has 0 heterocycles. The van der Waals surface area contributed by atoms with Gasteiger partial charge in [-0.25, -0.2) is 4.99 Å². The molecule has 0 radical (unpaired) electrons. The summed E-state index contributed by atoms with van der Waals surface area (Å²) in [6.07, 6.45) is 0. The highest BCUT2D eigenvalue weighted by Crippen LogP contribution is 2.21. The van der Waals surface area contributed by atoms with Gasteiger partial charge in [0, 0.05) is 18.4 Å². The number of nitrogens with two attached hydrogens (primary N) is 1. The van der Waals surface area contributed by atoms with Crippen molar-refractivity contribution in [2.45, 2.75) is 27.3 Å². The molecule has 0 aliphatic carbocycles. The summed E-state index contributed by atoms with van der Waals surface area (Å²) in [5.41, 5.74) is 11.5. The summed E-state index contributed by atoms with van der Waals surface area (Å²) in [5.74, 6) is 1.20. The summed E-state index contributed by atoms with van der Waals surface area (Å²) in [7, 11) is 1.66. The minimum Gasteiger partial charge on any atom is -0.491 e. The van der Waals surface area contributed by atoms with Gasteiger partial charge in [0.25, 0.3) is 0 Å². The third-order valence-electron chi connectivity index (χ3n) is 3.68. The van der Waals surface area contributed by atoms with E-state index < -0.39 is 0 Å². The van der Waals surface area contributed by atoms with Gasteiger partial charge in [0.05, 0.1) is 13.2 Å². The number of hydrogen-bond donors (Lipinski definition) is 2. The minimum atomic E-state index is 0.383. The van der Waals surface area contributed by atoms with Gasteiger partial charge in [0.2, 0.25) is 0 Å². The highest BCUT2D eigenvalue weighted by atomic mass is 16.5. The standard InChI is InChI=1S/C20H27N3O2/c1-14-5-6-17(19(12-14)25-8-7-24-4)13-22-20(21)23-18-10-15(2)9-16(3)11-18/h5-6,9-12H,7-8,13H2,1-4H3,(H3,21,22,23). The molecule has 0 bridgehead atoms. The molecule has 0 spiro atoms. The zero-order valence-electron chi connectivity index (χ0n) is 15.4. The van der Waals surface area contributed by atoms with Gasteiger partial charge in [0.15, 0.2) is 5.96 Å². The van der Waals surface area contributed by atoms with Crippen molar-refractivity contribution in [1.82, 2.24) is 0 Å². The lowest BCUT2D eigenvalue weighted by Gasteiger charge is -2.12. The van der Waals surface area contributed by atoms with E-state index in [2.05, 4.69) is 30.2 Å². The topological polar surface area (TPSA) is 68.9 Å². The molecule has 2 aromatic carbocycles. The van der Waals surface area contributed by atoms with Gasteiger partial charge in [-0.15, -0.1) is 0 Å². The second kappa shape index (κ2) is 9.08. The molecule has 0 fully saturated rings. The minimum absolute atomic E-state index is 0.383. The molecule has 134 valence electrons. The molecule has 2 aromatic rings. The summed E-state index contributed by atoms with van der Waals surface area (Å²) < 4.78 is 10.8. The molecule has 0 aliphatic heterocycles. The number of hydrogen-bond acceptors (Lipinski definition) is 3. The van der Waals surface area contributed by atoms with Gasteiger partial charge >= 0.3 is 0 Å². The van der Waals surface area contributed by atoms with E-state index in [1.807, 2.05) is 37.3 Å². The van der Waals surface area contributed by atoms with Gasteiger partial charge in [-0.1, -0.05) is 18.2 Å². The predicted octanol–water partition coefficient (Wildman–Crippen LogP) is 3.56. The van der Waals surface area contributed by atoms with Crippen molar-refractivity contribution in [1.29, 1.82) is 0 Å². The largest absolute Gasteiger partial charge is 0.491 e. The summed E-state index contributed by atoms with van der Waals surface area (Å²) in [6.45, 7) is 7.65. The van der Waals surface area contributed by atoms with Crippen LogP contribution < -0.4 is 15.8 Å². The second-order valence-electron chi connectivity index (χ2n) is 6.16. The lowest BCUT2D eigenvalue weighted by molar-refractivity contribution is 0.146. The quantitative estimate of drug-likeness (QED) is 0.459. The molecule has 0 unspecified atom stereocenters. The van der Waals surface area contributed by atoms with Crippen molar-refractivity contribution >= 4 is 11.6 Å². The number of aliphatic imine (C=N–C) groups is 1. The Morgan fingerprint density at radius 2 is 1.72 bits per heavy atom. The number of aryl methyl sites for hydroxylation is 3. The van der Waals surface area contributed by atoms with E-state index in [-0.39, 0.29) is 0 Å². The Hall–Kier alpha value is -2.53. The number of ether oxygens (including phenoxy) is 2. The first kappa shape index (κ1) is 18.8. The molecular formula is C20H27N3O2. The summed E-state index contributed by atoms with van der Waals surface area (Å²) in [4.78, 5) is 4.44. The highest BCUT2D eigenvalue weighted by Gasteiger charge is 2.05. The van der Waals surface area contributed by atoms with E-state index >= 15 is 0 Å². The lowest BCUT2D eigenvalue weighted by atomic mass is 10.1. The molecule has 5 nitrogen and oxygen atoms in total. The molecular weight excluding hydrogens is 314 g/mol. The highest BCUT2D eigenvalue weighted by molar-refractivity contribution is 5.92. The Bertz CT molecular complexity index is 721. The number of methoxy groups -OCH3 is 1. The molecule has 0 saturated heterocycles. The Kier molecular flexibility index (Phi) is 6.83. The van der Waals surface area contributed by atoms with Crippen molar-refractivity contribution in [2.75, 3.05) is 25.6 Å². The van der Waals surface area contributed by atoms with Crippen molar-refractivity contribution in [2.24, 2.45) is 10.7 Å². The van der Waals surface area contributed by atoms with Crippen LogP contribution in [0, 0.1) is 20.8 Å². The van der Waals surface area contributed by atoms with Gasteiger partial charge in [0.1, 0.15) is 12.4 Å². The van der Waals surface area contributed by atoms with Crippen molar-refractivity contribution < 1.29 is 9.47 Å². The summed E-state index contributed by atoms with van der Waals surface area (Å²) >= 11 is 0. The van der Waals surface area contributed by atoms with Gasteiger partial charge in [-0.2, -0.15) is 0 Å². The first-order chi connectivity index (χ1) is 12.0. The summed E-state index contributed by atoms with van der Waals surface area (Å²) in [6, 6.07) is 12.3. The van der Waals surface area contributed by atoms with Gasteiger partial charge in [-0.05, 0) is 55.7 Å². The van der Waals surface area contributed by atoms with E-state index in [0.717, 1.165) is 22.6 Å². The fourth-order valence-electron chi connectivity index (χ4n) is 2.57. The number of rotatable bonds is 7. The fourth-order valence-corrected chi connectivity index (χ4v) is 2.57. The Balaban J connectivity index is 2.06. The fraction of sp³-hybridized carbons (Fsp3) is 0.350. The van der Waals surface area contributed by atoms with Crippen molar-refractivity contribution in [3.8, 4) is 5.75 Å². The smallest absolute Gasteiger partial charge is 0.193 e. The SMILES string of the molecule is COCCOc1cc(C)ccc1CN=C(N)Nc1cc(C)cc(C)c1. The van der Waals surface area contributed by atoms with Crippen LogP contribution in [-0.2, 0) is 11.3 Å². The monoisotopic (exact) mass is 341 g/mol. The van der Waals surface area contributed by atoms with Crippen LogP contribution in [0.15, 0.2) is 41.4 Å². The summed E-state index contributed by atoms with van der Waals surface area (Å²) in [5, 5.41) is 3.14. The van der Waals surface area contributed by atoms with Crippen LogP contribution in [0.4, 0.5) is 5.69 Å². The number of guanidine groups is 1. The Morgan fingerprint density at radius 3 is 2.40 bits per heavy atom. The average Bonchev–Trinajstić information content (AvgIpc) is 2.53. The van der Waals surface area contributed by atoms with E-state index in [0.29, 0.717) is 25.7 Å². The zero-order chi connectivity index (χ0) is 18.2. The molecule has 0 aromatic heterocycles. The van der Waals surface area contributed by atoms with Crippen molar-refractivity contribution in [3.63, 3.8) is 0 Å². The van der Waals surface area contributed by atoms with E-state index in [4.69, 9.17) is 15.2 Å². The molecule has 25 heavy (non-hydrogen) atoms. The zero-order valence-corrected chi connectivity index (χ0v) is 15.4.